The minimum absolute atomic E-state index is 0.145. The summed E-state index contributed by atoms with van der Waals surface area (Å²) in [5.74, 6) is 0.704. The molecule has 0 unspecified atom stereocenters. The lowest BCUT2D eigenvalue weighted by Gasteiger charge is -2.06. The van der Waals surface area contributed by atoms with Crippen LogP contribution in [0.25, 0.3) is 0 Å². The third-order valence-corrected chi connectivity index (χ3v) is 4.89. The SMILES string of the molecule is O=C(NN=Cc1ccc(OC(=O)c2ccccc2Br)cc1)c1ccc2c(c1)OCO2. The summed E-state index contributed by atoms with van der Waals surface area (Å²) in [6, 6.07) is 18.7. The van der Waals surface area contributed by atoms with Crippen molar-refractivity contribution in [3.63, 3.8) is 0 Å². The lowest BCUT2D eigenvalue weighted by Crippen LogP contribution is -2.17. The Hall–Kier alpha value is -3.65. The average Bonchev–Trinajstić information content (AvgIpc) is 3.23. The fourth-order valence-electron chi connectivity index (χ4n) is 2.68. The third-order valence-electron chi connectivity index (χ3n) is 4.20. The van der Waals surface area contributed by atoms with E-state index in [9.17, 15) is 9.59 Å². The fourth-order valence-corrected chi connectivity index (χ4v) is 3.13. The standard InChI is InChI=1S/C22H15BrN2O5/c23-18-4-2-1-3-17(18)22(27)30-16-8-5-14(6-9-16)12-24-25-21(26)15-7-10-19-20(11-15)29-13-28-19/h1-12H,13H2,(H,25,26). The molecule has 1 aliphatic rings. The molecule has 0 atom stereocenters. The molecule has 30 heavy (non-hydrogen) atoms. The predicted octanol–water partition coefficient (Wildman–Crippen LogP) is 4.16. The van der Waals surface area contributed by atoms with E-state index in [-0.39, 0.29) is 12.7 Å². The highest BCUT2D eigenvalue weighted by molar-refractivity contribution is 9.10. The molecule has 1 aliphatic heterocycles. The summed E-state index contributed by atoms with van der Waals surface area (Å²) in [5.41, 5.74) is 4.03. The first-order valence-corrected chi connectivity index (χ1v) is 9.69. The molecule has 0 aromatic heterocycles. The molecule has 0 saturated heterocycles. The van der Waals surface area contributed by atoms with Gasteiger partial charge in [0.1, 0.15) is 5.75 Å². The Morgan fingerprint density at radius 2 is 1.77 bits per heavy atom. The first-order chi connectivity index (χ1) is 14.6. The molecular formula is C22H15BrN2O5. The van der Waals surface area contributed by atoms with Crippen LogP contribution in [0.5, 0.6) is 17.2 Å². The van der Waals surface area contributed by atoms with Crippen molar-refractivity contribution in [1.29, 1.82) is 0 Å². The largest absolute Gasteiger partial charge is 0.454 e. The molecule has 7 nitrogen and oxygen atoms in total. The number of halogens is 1. The first kappa shape index (κ1) is 19.7. The molecule has 1 heterocycles. The van der Waals surface area contributed by atoms with Crippen LogP contribution in [0, 0.1) is 0 Å². The van der Waals surface area contributed by atoms with Gasteiger partial charge in [0, 0.05) is 10.0 Å². The van der Waals surface area contributed by atoms with Crippen LogP contribution in [0.1, 0.15) is 26.3 Å². The minimum atomic E-state index is -0.458. The van der Waals surface area contributed by atoms with Gasteiger partial charge < -0.3 is 14.2 Å². The zero-order valence-electron chi connectivity index (χ0n) is 15.5. The molecule has 3 aromatic rings. The zero-order chi connectivity index (χ0) is 20.9. The van der Waals surface area contributed by atoms with Crippen molar-refractivity contribution in [2.75, 3.05) is 6.79 Å². The summed E-state index contributed by atoms with van der Waals surface area (Å²) >= 11 is 3.33. The van der Waals surface area contributed by atoms with Crippen molar-refractivity contribution in [3.8, 4) is 17.2 Å². The smallest absolute Gasteiger partial charge is 0.344 e. The van der Waals surface area contributed by atoms with Gasteiger partial charge in [-0.1, -0.05) is 12.1 Å². The summed E-state index contributed by atoms with van der Waals surface area (Å²) < 4.78 is 16.5. The number of rotatable bonds is 5. The highest BCUT2D eigenvalue weighted by atomic mass is 79.9. The Bertz CT molecular complexity index is 1130. The number of hydrogen-bond donors (Lipinski definition) is 1. The lowest BCUT2D eigenvalue weighted by molar-refractivity contribution is 0.0733. The quantitative estimate of drug-likeness (QED) is 0.264. The maximum Gasteiger partial charge on any atom is 0.344 e. The highest BCUT2D eigenvalue weighted by Crippen LogP contribution is 2.32. The van der Waals surface area contributed by atoms with Crippen molar-refractivity contribution >= 4 is 34.0 Å². The molecule has 8 heteroatoms. The van der Waals surface area contributed by atoms with Crippen LogP contribution in [-0.4, -0.2) is 24.9 Å². The number of fused-ring (bicyclic) bond motifs is 1. The average molecular weight is 467 g/mol. The van der Waals surface area contributed by atoms with E-state index in [1.165, 1.54) is 6.21 Å². The monoisotopic (exact) mass is 466 g/mol. The molecule has 0 fully saturated rings. The molecule has 150 valence electrons. The van der Waals surface area contributed by atoms with Crippen LogP contribution >= 0.6 is 15.9 Å². The van der Waals surface area contributed by atoms with Gasteiger partial charge in [-0.2, -0.15) is 5.10 Å². The number of nitrogens with zero attached hydrogens (tertiary/aromatic N) is 1. The summed E-state index contributed by atoms with van der Waals surface area (Å²) in [6.07, 6.45) is 1.49. The molecule has 4 rings (SSSR count). The Kier molecular flexibility index (Phi) is 5.76. The Labute approximate surface area is 180 Å². The van der Waals surface area contributed by atoms with E-state index < -0.39 is 5.97 Å². The number of carbonyl (C=O) groups is 2. The van der Waals surface area contributed by atoms with E-state index in [0.717, 1.165) is 5.56 Å². The first-order valence-electron chi connectivity index (χ1n) is 8.90. The normalized spacial score (nSPS) is 12.0. The Morgan fingerprint density at radius 1 is 1.00 bits per heavy atom. The van der Waals surface area contributed by atoms with Crippen LogP contribution in [0.4, 0.5) is 0 Å². The maximum atomic E-state index is 12.2. The molecular weight excluding hydrogens is 452 g/mol. The number of carbonyl (C=O) groups excluding carboxylic acids is 2. The topological polar surface area (TPSA) is 86.2 Å². The maximum absolute atomic E-state index is 12.2. The molecule has 0 saturated carbocycles. The van der Waals surface area contributed by atoms with Gasteiger partial charge in [0.15, 0.2) is 11.5 Å². The van der Waals surface area contributed by atoms with Crippen LogP contribution in [0.2, 0.25) is 0 Å². The molecule has 1 N–H and O–H groups in total. The minimum Gasteiger partial charge on any atom is -0.454 e. The van der Waals surface area contributed by atoms with Gasteiger partial charge in [-0.15, -0.1) is 0 Å². The number of hydrogen-bond acceptors (Lipinski definition) is 6. The van der Waals surface area contributed by atoms with Crippen LogP contribution < -0.4 is 19.6 Å². The van der Waals surface area contributed by atoms with Crippen molar-refractivity contribution in [2.24, 2.45) is 5.10 Å². The van der Waals surface area contributed by atoms with Gasteiger partial charge in [-0.05, 0) is 76.1 Å². The summed E-state index contributed by atoms with van der Waals surface area (Å²) in [5, 5.41) is 3.95. The fraction of sp³-hybridized carbons (Fsp3) is 0.0455. The van der Waals surface area contributed by atoms with Gasteiger partial charge in [-0.25, -0.2) is 10.2 Å². The molecule has 3 aromatic carbocycles. The molecule has 0 radical (unpaired) electrons. The van der Waals surface area contributed by atoms with Crippen LogP contribution in [0.3, 0.4) is 0 Å². The molecule has 0 spiro atoms. The zero-order valence-corrected chi connectivity index (χ0v) is 17.1. The van der Waals surface area contributed by atoms with Crippen molar-refractivity contribution in [3.05, 3.63) is 87.9 Å². The Morgan fingerprint density at radius 3 is 2.57 bits per heavy atom. The van der Waals surface area contributed by atoms with E-state index in [4.69, 9.17) is 14.2 Å². The van der Waals surface area contributed by atoms with Gasteiger partial charge in [0.2, 0.25) is 6.79 Å². The van der Waals surface area contributed by atoms with Gasteiger partial charge >= 0.3 is 5.97 Å². The molecule has 1 amide bonds. The van der Waals surface area contributed by atoms with Gasteiger partial charge in [0.25, 0.3) is 5.91 Å². The second kappa shape index (κ2) is 8.79. The lowest BCUT2D eigenvalue weighted by atomic mass is 10.2. The van der Waals surface area contributed by atoms with Gasteiger partial charge in [-0.3, -0.25) is 4.79 Å². The van der Waals surface area contributed by atoms with E-state index >= 15 is 0 Å². The van der Waals surface area contributed by atoms with Crippen molar-refractivity contribution in [1.82, 2.24) is 5.43 Å². The predicted molar refractivity (Wildman–Crippen MR) is 113 cm³/mol. The Balaban J connectivity index is 1.34. The summed E-state index contributed by atoms with van der Waals surface area (Å²) in [4.78, 5) is 24.4. The number of esters is 1. The highest BCUT2D eigenvalue weighted by Gasteiger charge is 2.16. The van der Waals surface area contributed by atoms with Crippen molar-refractivity contribution < 1.29 is 23.8 Å². The number of benzene rings is 3. The molecule has 0 aliphatic carbocycles. The second-order valence-electron chi connectivity index (χ2n) is 6.21. The second-order valence-corrected chi connectivity index (χ2v) is 7.06. The van der Waals surface area contributed by atoms with Gasteiger partial charge in [0.05, 0.1) is 11.8 Å². The summed E-state index contributed by atoms with van der Waals surface area (Å²) in [7, 11) is 0. The van der Waals surface area contributed by atoms with Crippen molar-refractivity contribution in [2.45, 2.75) is 0 Å². The van der Waals surface area contributed by atoms with E-state index in [1.807, 2.05) is 6.07 Å². The van der Waals surface area contributed by atoms with E-state index in [2.05, 4.69) is 26.5 Å². The van der Waals surface area contributed by atoms with Crippen LogP contribution in [-0.2, 0) is 0 Å². The number of ether oxygens (including phenoxy) is 3. The van der Waals surface area contributed by atoms with Crippen LogP contribution in [0.15, 0.2) is 76.3 Å². The number of hydrazone groups is 1. The van der Waals surface area contributed by atoms with E-state index in [0.29, 0.717) is 32.8 Å². The van der Waals surface area contributed by atoms with E-state index in [1.54, 1.807) is 60.7 Å². The summed E-state index contributed by atoms with van der Waals surface area (Å²) in [6.45, 7) is 0.145. The number of nitrogens with one attached hydrogen (secondary N) is 1. The third kappa shape index (κ3) is 4.49. The number of amides is 1. The molecule has 0 bridgehead atoms.